The Morgan fingerprint density at radius 3 is 2.70 bits per heavy atom. The van der Waals surface area contributed by atoms with Gasteiger partial charge in [0.05, 0.1) is 5.69 Å². The molecule has 0 saturated heterocycles. The van der Waals surface area contributed by atoms with Crippen LogP contribution in [0.25, 0.3) is 11.3 Å². The molecule has 2 aromatic rings. The average molecular weight is 297 g/mol. The molecule has 2 rings (SSSR count). The molecule has 0 amide bonds. The van der Waals surface area contributed by atoms with Gasteiger partial charge in [-0.15, -0.1) is 0 Å². The maximum Gasteiger partial charge on any atom is 0.267 e. The van der Waals surface area contributed by atoms with Crippen molar-refractivity contribution in [2.75, 3.05) is 5.75 Å². The fourth-order valence-electron chi connectivity index (χ4n) is 1.62. The Kier molecular flexibility index (Phi) is 4.32. The molecule has 8 nitrogen and oxygen atoms in total. The highest BCUT2D eigenvalue weighted by atomic mass is 32.2. The second kappa shape index (κ2) is 5.99. The van der Waals surface area contributed by atoms with Crippen molar-refractivity contribution >= 4 is 10.1 Å². The predicted octanol–water partition coefficient (Wildman–Crippen LogP) is -0.925. The van der Waals surface area contributed by atoms with Crippen LogP contribution in [-0.2, 0) is 16.7 Å². The lowest BCUT2D eigenvalue weighted by molar-refractivity contribution is -0.758. The second-order valence-electron chi connectivity index (χ2n) is 4.13. The molecular weight excluding hydrogens is 284 g/mol. The van der Waals surface area contributed by atoms with Gasteiger partial charge < -0.3 is 5.11 Å². The van der Waals surface area contributed by atoms with Crippen LogP contribution in [-0.4, -0.2) is 45.0 Å². The minimum Gasteiger partial charge on any atom is -0.385 e. The summed E-state index contributed by atoms with van der Waals surface area (Å²) in [5.41, 5.74) is 1.48. The largest absolute Gasteiger partial charge is 0.385 e. The topological polar surface area (TPSA) is 117 Å². The number of rotatable bonds is 5. The van der Waals surface area contributed by atoms with Gasteiger partial charge in [0, 0.05) is 17.8 Å². The molecule has 106 valence electrons. The highest BCUT2D eigenvalue weighted by Crippen LogP contribution is 2.11. The zero-order valence-electron chi connectivity index (χ0n) is 10.4. The molecule has 2 heterocycles. The van der Waals surface area contributed by atoms with Gasteiger partial charge in [-0.05, 0) is 11.2 Å². The Morgan fingerprint density at radius 1 is 1.35 bits per heavy atom. The molecule has 0 saturated carbocycles. The Labute approximate surface area is 115 Å². The number of aliphatic hydroxyl groups is 1. The van der Waals surface area contributed by atoms with E-state index < -0.39 is 22.0 Å². The lowest BCUT2D eigenvalue weighted by Gasteiger charge is -2.03. The minimum absolute atomic E-state index is 0.0379. The van der Waals surface area contributed by atoms with Gasteiger partial charge in [0.2, 0.25) is 6.54 Å². The van der Waals surface area contributed by atoms with E-state index in [0.717, 1.165) is 5.56 Å². The van der Waals surface area contributed by atoms with Gasteiger partial charge in [-0.1, -0.05) is 4.68 Å². The van der Waals surface area contributed by atoms with E-state index in [4.69, 9.17) is 4.55 Å². The molecule has 2 N–H and O–H groups in total. The first-order valence-electron chi connectivity index (χ1n) is 5.69. The molecular formula is C11H13N4O4S+. The number of hydrogen-bond acceptors (Lipinski definition) is 6. The van der Waals surface area contributed by atoms with E-state index >= 15 is 0 Å². The highest BCUT2D eigenvalue weighted by Gasteiger charge is 2.19. The van der Waals surface area contributed by atoms with Crippen LogP contribution in [0.4, 0.5) is 0 Å². The summed E-state index contributed by atoms with van der Waals surface area (Å²) in [4.78, 5) is 7.88. The molecule has 1 unspecified atom stereocenters. The van der Waals surface area contributed by atoms with Crippen LogP contribution in [0.5, 0.6) is 0 Å². The van der Waals surface area contributed by atoms with Crippen molar-refractivity contribution in [3.63, 3.8) is 0 Å². The molecule has 1 atom stereocenters. The second-order valence-corrected chi connectivity index (χ2v) is 5.63. The molecule has 0 aliphatic rings. The average Bonchev–Trinajstić information content (AvgIpc) is 2.38. The van der Waals surface area contributed by atoms with Crippen molar-refractivity contribution in [2.45, 2.75) is 12.6 Å². The van der Waals surface area contributed by atoms with Crippen LogP contribution in [0, 0.1) is 0 Å². The van der Waals surface area contributed by atoms with Crippen molar-refractivity contribution in [1.82, 2.24) is 15.1 Å². The fourth-order valence-corrected chi connectivity index (χ4v) is 2.21. The third-order valence-corrected chi connectivity index (χ3v) is 3.26. The Morgan fingerprint density at radius 2 is 2.15 bits per heavy atom. The van der Waals surface area contributed by atoms with Crippen LogP contribution in [0.15, 0.2) is 37.1 Å². The molecule has 0 bridgehead atoms. The van der Waals surface area contributed by atoms with E-state index in [-0.39, 0.29) is 6.54 Å². The van der Waals surface area contributed by atoms with E-state index in [1.807, 2.05) is 0 Å². The summed E-state index contributed by atoms with van der Waals surface area (Å²) in [5.74, 6) is -0.727. The van der Waals surface area contributed by atoms with Gasteiger partial charge in [0.15, 0.2) is 6.20 Å². The quantitative estimate of drug-likeness (QED) is 0.541. The zero-order valence-corrected chi connectivity index (χ0v) is 11.2. The normalized spacial score (nSPS) is 13.1. The van der Waals surface area contributed by atoms with Crippen molar-refractivity contribution in [1.29, 1.82) is 0 Å². The molecule has 2 aromatic heterocycles. The number of nitrogens with zero attached hydrogens (tertiary/aromatic N) is 4. The number of hydrogen-bond donors (Lipinski definition) is 2. The van der Waals surface area contributed by atoms with Crippen LogP contribution >= 0.6 is 0 Å². The van der Waals surface area contributed by atoms with Crippen molar-refractivity contribution in [3.05, 3.63) is 37.1 Å². The van der Waals surface area contributed by atoms with Crippen molar-refractivity contribution < 1.29 is 22.8 Å². The maximum absolute atomic E-state index is 10.6. The van der Waals surface area contributed by atoms with Gasteiger partial charge in [0.1, 0.15) is 24.4 Å². The van der Waals surface area contributed by atoms with E-state index in [2.05, 4.69) is 15.1 Å². The summed E-state index contributed by atoms with van der Waals surface area (Å²) < 4.78 is 31.2. The monoisotopic (exact) mass is 297 g/mol. The smallest absolute Gasteiger partial charge is 0.267 e. The molecule has 0 aliphatic heterocycles. The van der Waals surface area contributed by atoms with Gasteiger partial charge in [-0.3, -0.25) is 4.55 Å². The molecule has 0 aliphatic carbocycles. The molecule has 0 radical (unpaired) electrons. The Hall–Kier alpha value is -1.97. The Bertz CT molecular complexity index is 661. The van der Waals surface area contributed by atoms with Crippen LogP contribution in [0.2, 0.25) is 0 Å². The summed E-state index contributed by atoms with van der Waals surface area (Å²) in [6.45, 7) is -0.0379. The summed E-state index contributed by atoms with van der Waals surface area (Å²) in [7, 11) is -4.20. The summed E-state index contributed by atoms with van der Waals surface area (Å²) in [6, 6.07) is 3.46. The summed E-state index contributed by atoms with van der Waals surface area (Å²) in [5, 5.41) is 13.5. The lowest BCUT2D eigenvalue weighted by Crippen LogP contribution is -2.44. The maximum atomic E-state index is 10.6. The molecule has 20 heavy (non-hydrogen) atoms. The Balaban J connectivity index is 2.06. The van der Waals surface area contributed by atoms with Crippen LogP contribution in [0.3, 0.4) is 0 Å². The van der Waals surface area contributed by atoms with Crippen LogP contribution in [0.1, 0.15) is 0 Å². The van der Waals surface area contributed by atoms with E-state index in [1.54, 1.807) is 30.7 Å². The molecule has 9 heteroatoms. The van der Waals surface area contributed by atoms with Crippen molar-refractivity contribution in [3.8, 4) is 11.3 Å². The summed E-state index contributed by atoms with van der Waals surface area (Å²) >= 11 is 0. The molecule has 0 aromatic carbocycles. The zero-order chi connectivity index (χ0) is 14.6. The third kappa shape index (κ3) is 4.30. The van der Waals surface area contributed by atoms with E-state index in [9.17, 15) is 13.5 Å². The van der Waals surface area contributed by atoms with E-state index in [1.165, 1.54) is 11.0 Å². The third-order valence-electron chi connectivity index (χ3n) is 2.45. The number of aromatic nitrogens is 4. The first-order chi connectivity index (χ1) is 9.44. The number of aliphatic hydroxyl groups excluding tert-OH is 1. The van der Waals surface area contributed by atoms with Crippen molar-refractivity contribution in [2.24, 2.45) is 0 Å². The lowest BCUT2D eigenvalue weighted by atomic mass is 10.2. The standard InChI is InChI=1S/C11H12N4O4S/c16-10(7-20(17,18)19)6-15-4-2-9(5-14-15)11-1-3-12-8-13-11/h1-5,8,10,16H,6-7H2/p+1. The van der Waals surface area contributed by atoms with Gasteiger partial charge in [0.25, 0.3) is 10.1 Å². The van der Waals surface area contributed by atoms with Crippen LogP contribution < -0.4 is 4.68 Å². The minimum atomic E-state index is -4.20. The SMILES string of the molecule is O=S(=O)(O)CC(O)C[n+]1ccc(-c2ccncn2)cn1. The first-order valence-corrected chi connectivity index (χ1v) is 7.30. The highest BCUT2D eigenvalue weighted by molar-refractivity contribution is 7.85. The van der Waals surface area contributed by atoms with Gasteiger partial charge in [-0.25, -0.2) is 9.97 Å². The first kappa shape index (κ1) is 14.4. The molecule has 0 fully saturated rings. The van der Waals surface area contributed by atoms with Gasteiger partial charge >= 0.3 is 0 Å². The fraction of sp³-hybridized carbons (Fsp3) is 0.273. The predicted molar refractivity (Wildman–Crippen MR) is 67.9 cm³/mol. The van der Waals surface area contributed by atoms with E-state index in [0.29, 0.717) is 5.69 Å². The summed E-state index contributed by atoms with van der Waals surface area (Å²) in [6.07, 6.45) is 4.94. The van der Waals surface area contributed by atoms with Gasteiger partial charge in [-0.2, -0.15) is 8.42 Å². The molecule has 0 spiro atoms.